The van der Waals surface area contributed by atoms with Crippen molar-refractivity contribution in [3.8, 4) is 0 Å². The Balaban J connectivity index is 0.000000311. The van der Waals surface area contributed by atoms with Crippen molar-refractivity contribution >= 4 is 24.2 Å². The second-order valence-electron chi connectivity index (χ2n) is 7.03. The summed E-state index contributed by atoms with van der Waals surface area (Å²) in [7, 11) is 0. The van der Waals surface area contributed by atoms with Crippen LogP contribution < -0.4 is 5.32 Å². The Bertz CT molecular complexity index is 997. The van der Waals surface area contributed by atoms with Gasteiger partial charge in [0.15, 0.2) is 5.69 Å². The number of carbonyl (C=O) groups is 3. The van der Waals surface area contributed by atoms with Gasteiger partial charge in [-0.1, -0.05) is 60.2 Å². The zero-order valence-electron chi connectivity index (χ0n) is 18.8. The molecule has 3 N–H and O–H groups in total. The average Bonchev–Trinajstić information content (AvgIpc) is 3.11. The number of nitrogens with one attached hydrogen (secondary N) is 1. The van der Waals surface area contributed by atoms with Crippen LogP contribution in [0.15, 0.2) is 67.0 Å². The molecule has 1 aromatic heterocycles. The lowest BCUT2D eigenvalue weighted by Gasteiger charge is -2.11. The minimum Gasteiger partial charge on any atom is -0.477 e. The predicted octanol–water partition coefficient (Wildman–Crippen LogP) is 3.39. The fraction of sp³-hybridized carbons (Fsp3) is 0.240. The second-order valence-corrected chi connectivity index (χ2v) is 7.03. The minimum absolute atomic E-state index is 0.0119. The molecule has 1 amide bonds. The number of carboxylic acid groups (broad SMARTS) is 1. The van der Waals surface area contributed by atoms with Gasteiger partial charge in [0.25, 0.3) is 5.91 Å². The number of aromatic carboxylic acids is 1. The Morgan fingerprint density at radius 3 is 2.42 bits per heavy atom. The van der Waals surface area contributed by atoms with Crippen LogP contribution in [-0.2, 0) is 4.79 Å². The molecular weight excluding hydrogens is 422 g/mol. The number of benzene rings is 1. The third-order valence-corrected chi connectivity index (χ3v) is 4.42. The molecule has 0 bridgehead atoms. The van der Waals surface area contributed by atoms with Crippen molar-refractivity contribution in [1.82, 2.24) is 15.3 Å². The van der Waals surface area contributed by atoms with Gasteiger partial charge in [0.2, 0.25) is 0 Å². The molecule has 0 fully saturated rings. The molecule has 0 radical (unpaired) electrons. The topological polar surface area (TPSA) is 129 Å². The first-order chi connectivity index (χ1) is 15.9. The molecule has 0 aliphatic heterocycles. The van der Waals surface area contributed by atoms with Gasteiger partial charge in [0.05, 0.1) is 0 Å². The molecule has 2 aromatic rings. The van der Waals surface area contributed by atoms with Crippen LogP contribution in [0.2, 0.25) is 0 Å². The summed E-state index contributed by atoms with van der Waals surface area (Å²) in [6.45, 7) is 5.81. The number of aromatic nitrogens is 2. The molecule has 8 nitrogen and oxygen atoms in total. The quantitative estimate of drug-likeness (QED) is 0.614. The van der Waals surface area contributed by atoms with Crippen LogP contribution in [0.1, 0.15) is 51.9 Å². The predicted molar refractivity (Wildman–Crippen MR) is 127 cm³/mol. The molecule has 0 saturated heterocycles. The number of allylic oxidation sites excluding steroid dienone is 6. The van der Waals surface area contributed by atoms with Crippen LogP contribution in [0.25, 0.3) is 5.57 Å². The van der Waals surface area contributed by atoms with E-state index in [1.807, 2.05) is 6.79 Å². The first-order valence-electron chi connectivity index (χ1n) is 10.3. The van der Waals surface area contributed by atoms with Crippen LogP contribution in [0.5, 0.6) is 0 Å². The summed E-state index contributed by atoms with van der Waals surface area (Å²) in [5.41, 5.74) is 3.64. The number of nitrogens with zero attached hydrogens (tertiary/aromatic N) is 2. The first kappa shape index (κ1) is 27.1. The summed E-state index contributed by atoms with van der Waals surface area (Å²) in [5.74, 6) is -1.71. The summed E-state index contributed by atoms with van der Waals surface area (Å²) in [6.07, 6.45) is 13.3. The van der Waals surface area contributed by atoms with Gasteiger partial charge in [-0.2, -0.15) is 0 Å². The zero-order chi connectivity index (χ0) is 24.6. The Morgan fingerprint density at radius 1 is 1.12 bits per heavy atom. The van der Waals surface area contributed by atoms with E-state index in [0.717, 1.165) is 18.8 Å². The van der Waals surface area contributed by atoms with E-state index in [-0.39, 0.29) is 24.0 Å². The molecule has 1 atom stereocenters. The Kier molecular flexibility index (Phi) is 12.3. The van der Waals surface area contributed by atoms with Gasteiger partial charge in [-0.15, -0.1) is 0 Å². The number of aliphatic hydroxyl groups is 1. The van der Waals surface area contributed by atoms with Crippen molar-refractivity contribution in [1.29, 1.82) is 0 Å². The molecule has 8 heteroatoms. The Labute approximate surface area is 193 Å². The van der Waals surface area contributed by atoms with E-state index in [2.05, 4.69) is 76.9 Å². The number of amides is 1. The normalized spacial score (nSPS) is 12.6. The Morgan fingerprint density at radius 2 is 1.79 bits per heavy atom. The van der Waals surface area contributed by atoms with Crippen LogP contribution in [0.3, 0.4) is 0 Å². The summed E-state index contributed by atoms with van der Waals surface area (Å²) < 4.78 is 0. The first-order valence-corrected chi connectivity index (χ1v) is 10.3. The zero-order valence-corrected chi connectivity index (χ0v) is 18.8. The number of aliphatic hydroxyl groups excluding tert-OH is 1. The number of aryl methyl sites for hydroxylation is 1. The van der Waals surface area contributed by atoms with Gasteiger partial charge in [0, 0.05) is 18.7 Å². The summed E-state index contributed by atoms with van der Waals surface area (Å²) >= 11 is 0. The molecule has 0 saturated carbocycles. The van der Waals surface area contributed by atoms with E-state index < -0.39 is 11.9 Å². The van der Waals surface area contributed by atoms with Gasteiger partial charge in [-0.3, -0.25) is 4.79 Å². The molecular formula is C25H29N3O5. The number of carbonyl (C=O) groups excluding carboxylic acids is 2. The van der Waals surface area contributed by atoms with Gasteiger partial charge in [0.1, 0.15) is 18.8 Å². The van der Waals surface area contributed by atoms with Crippen LogP contribution in [0, 0.1) is 6.92 Å². The summed E-state index contributed by atoms with van der Waals surface area (Å²) in [5, 5.41) is 20.0. The van der Waals surface area contributed by atoms with Gasteiger partial charge in [-0.05, 0) is 37.8 Å². The largest absolute Gasteiger partial charge is 0.477 e. The van der Waals surface area contributed by atoms with Gasteiger partial charge in [-0.25, -0.2) is 14.8 Å². The second kappa shape index (κ2) is 15.0. The number of carboxylic acids is 1. The molecule has 33 heavy (non-hydrogen) atoms. The number of hydrogen-bond acceptors (Lipinski definition) is 6. The van der Waals surface area contributed by atoms with Crippen molar-refractivity contribution in [2.75, 3.05) is 6.61 Å². The van der Waals surface area contributed by atoms with Crippen LogP contribution >= 0.6 is 0 Å². The monoisotopic (exact) mass is 451 g/mol. The van der Waals surface area contributed by atoms with Crippen molar-refractivity contribution in [3.63, 3.8) is 0 Å². The fourth-order valence-electron chi connectivity index (χ4n) is 2.68. The average molecular weight is 452 g/mol. The summed E-state index contributed by atoms with van der Waals surface area (Å²) in [4.78, 5) is 37.5. The third-order valence-electron chi connectivity index (χ3n) is 4.42. The maximum Gasteiger partial charge on any atom is 0.354 e. The van der Waals surface area contributed by atoms with Crippen molar-refractivity contribution in [3.05, 3.63) is 89.6 Å². The molecule has 1 aromatic carbocycles. The standard InChI is InChI=1S/C14H14.C10H13N3O4.CH2O/c1-12-8-10-14(11-9-12)13-6-4-2-3-5-7-13;1-6(2-3-14)13-9(15)7-4-8(10(16)17)12-5-11-7;1-2/h2,4-11H,3H2,1H3;4-6,14H,2-3H2,1H3,(H,13,15)(H,16,17);1H2. The molecule has 0 spiro atoms. The SMILES string of the molecule is C=O.CC(CCO)NC(=O)c1cc(C(=O)O)ncn1.Cc1ccc(C2=CC=CCC=C2)cc1. The lowest BCUT2D eigenvalue weighted by atomic mass is 10.0. The molecule has 174 valence electrons. The lowest BCUT2D eigenvalue weighted by molar-refractivity contribution is -0.0980. The van der Waals surface area contributed by atoms with E-state index in [1.165, 1.54) is 16.7 Å². The van der Waals surface area contributed by atoms with Crippen molar-refractivity contribution in [2.24, 2.45) is 0 Å². The fourth-order valence-corrected chi connectivity index (χ4v) is 2.68. The molecule has 1 unspecified atom stereocenters. The molecule has 1 aliphatic carbocycles. The van der Waals surface area contributed by atoms with Crippen LogP contribution in [0.4, 0.5) is 0 Å². The highest BCUT2D eigenvalue weighted by molar-refractivity contribution is 5.95. The maximum atomic E-state index is 11.6. The van der Waals surface area contributed by atoms with E-state index in [1.54, 1.807) is 6.92 Å². The van der Waals surface area contributed by atoms with Crippen molar-refractivity contribution < 1.29 is 24.6 Å². The number of hydrogen-bond donors (Lipinski definition) is 3. The van der Waals surface area contributed by atoms with Gasteiger partial charge < -0.3 is 20.3 Å². The van der Waals surface area contributed by atoms with Crippen LogP contribution in [-0.4, -0.2) is 51.5 Å². The molecule has 3 rings (SSSR count). The van der Waals surface area contributed by atoms with Gasteiger partial charge >= 0.3 is 5.97 Å². The summed E-state index contributed by atoms with van der Waals surface area (Å²) in [6, 6.07) is 9.53. The highest BCUT2D eigenvalue weighted by atomic mass is 16.4. The van der Waals surface area contributed by atoms with E-state index in [4.69, 9.17) is 15.0 Å². The van der Waals surface area contributed by atoms with Crippen molar-refractivity contribution in [2.45, 2.75) is 32.7 Å². The minimum atomic E-state index is -1.22. The maximum absolute atomic E-state index is 11.6. The molecule has 1 aliphatic rings. The Hall–Kier alpha value is -3.91. The smallest absolute Gasteiger partial charge is 0.354 e. The lowest BCUT2D eigenvalue weighted by Crippen LogP contribution is -2.33. The highest BCUT2D eigenvalue weighted by Gasteiger charge is 2.13. The third kappa shape index (κ3) is 9.84. The highest BCUT2D eigenvalue weighted by Crippen LogP contribution is 2.18. The van der Waals surface area contributed by atoms with E-state index in [0.29, 0.717) is 6.42 Å². The van der Waals surface area contributed by atoms with E-state index in [9.17, 15) is 9.59 Å². The molecule has 1 heterocycles. The van der Waals surface area contributed by atoms with E-state index >= 15 is 0 Å². The number of rotatable bonds is 6.